The monoisotopic (exact) mass is 288 g/mol. The average molecular weight is 289 g/mol. The lowest BCUT2D eigenvalue weighted by atomic mass is 10.1. The van der Waals surface area contributed by atoms with Crippen molar-refractivity contribution in [2.45, 2.75) is 12.5 Å². The molecule has 0 heterocycles. The molecule has 0 amide bonds. The van der Waals surface area contributed by atoms with Crippen molar-refractivity contribution in [3.63, 3.8) is 0 Å². The molecule has 1 aromatic carbocycles. The summed E-state index contributed by atoms with van der Waals surface area (Å²) in [5.74, 6) is 1.13. The molecule has 5 heteroatoms. The smallest absolute Gasteiger partial charge is 0.137 e. The van der Waals surface area contributed by atoms with Crippen LogP contribution >= 0.6 is 23.2 Å². The first-order valence-electron chi connectivity index (χ1n) is 5.88. The van der Waals surface area contributed by atoms with Crippen LogP contribution in [0.1, 0.15) is 5.56 Å². The molecule has 0 saturated carbocycles. The third-order valence-corrected chi connectivity index (χ3v) is 2.99. The third-order valence-electron chi connectivity index (χ3n) is 2.66. The Morgan fingerprint density at radius 3 is 2.17 bits per heavy atom. The molecule has 1 aromatic rings. The lowest BCUT2D eigenvalue weighted by Crippen LogP contribution is -2.27. The summed E-state index contributed by atoms with van der Waals surface area (Å²) in [7, 11) is 0. The highest BCUT2D eigenvalue weighted by molar-refractivity contribution is 6.18. The molecule has 1 atom stereocenters. The molecule has 0 aliphatic heterocycles. The molecule has 0 aliphatic carbocycles. The summed E-state index contributed by atoms with van der Waals surface area (Å²) in [6.45, 7) is 1.53. The number of rotatable bonds is 8. The summed E-state index contributed by atoms with van der Waals surface area (Å²) in [5, 5.41) is 0. The van der Waals surface area contributed by atoms with Gasteiger partial charge < -0.3 is 15.4 Å². The first-order chi connectivity index (χ1) is 8.71. The van der Waals surface area contributed by atoms with Gasteiger partial charge in [-0.15, -0.1) is 23.2 Å². The van der Waals surface area contributed by atoms with Crippen LogP contribution in [-0.4, -0.2) is 37.2 Å². The van der Waals surface area contributed by atoms with Crippen molar-refractivity contribution in [2.24, 2.45) is 5.73 Å². The molecule has 0 spiro atoms. The van der Waals surface area contributed by atoms with Crippen molar-refractivity contribution in [3.8, 4) is 0 Å². The SMILES string of the molecule is N[C@H](C=O)Cc1ccc(N(CCCl)CCCl)cc1. The largest absolute Gasteiger partial charge is 0.369 e. The number of benzene rings is 1. The van der Waals surface area contributed by atoms with Crippen LogP contribution in [0.15, 0.2) is 24.3 Å². The average Bonchev–Trinajstić information content (AvgIpc) is 2.39. The number of halogens is 2. The van der Waals surface area contributed by atoms with Crippen LogP contribution in [0.2, 0.25) is 0 Å². The number of nitrogens with two attached hydrogens (primary N) is 1. The lowest BCUT2D eigenvalue weighted by Gasteiger charge is -2.23. The Morgan fingerprint density at radius 1 is 1.17 bits per heavy atom. The van der Waals surface area contributed by atoms with E-state index in [0.29, 0.717) is 18.2 Å². The molecule has 0 fully saturated rings. The highest BCUT2D eigenvalue weighted by Crippen LogP contribution is 2.16. The second-order valence-electron chi connectivity index (χ2n) is 4.04. The van der Waals surface area contributed by atoms with Crippen molar-refractivity contribution >= 4 is 35.2 Å². The molecule has 1 rings (SSSR count). The Morgan fingerprint density at radius 2 is 1.72 bits per heavy atom. The zero-order valence-corrected chi connectivity index (χ0v) is 11.7. The molecule has 3 nitrogen and oxygen atoms in total. The Balaban J connectivity index is 2.70. The van der Waals surface area contributed by atoms with E-state index >= 15 is 0 Å². The second-order valence-corrected chi connectivity index (χ2v) is 4.79. The quantitative estimate of drug-likeness (QED) is 0.588. The van der Waals surface area contributed by atoms with E-state index in [1.807, 2.05) is 24.3 Å². The molecule has 0 bridgehead atoms. The van der Waals surface area contributed by atoms with Gasteiger partial charge in [-0.1, -0.05) is 12.1 Å². The fraction of sp³-hybridized carbons (Fsp3) is 0.462. The van der Waals surface area contributed by atoms with Gasteiger partial charge in [-0.3, -0.25) is 0 Å². The van der Waals surface area contributed by atoms with E-state index in [-0.39, 0.29) is 0 Å². The Labute approximate surface area is 118 Å². The summed E-state index contributed by atoms with van der Waals surface area (Å²) in [4.78, 5) is 12.6. The van der Waals surface area contributed by atoms with Gasteiger partial charge in [-0.2, -0.15) is 0 Å². The number of aldehydes is 1. The van der Waals surface area contributed by atoms with Crippen molar-refractivity contribution in [3.05, 3.63) is 29.8 Å². The minimum atomic E-state index is -0.433. The number of carbonyl (C=O) groups is 1. The van der Waals surface area contributed by atoms with Crippen molar-refractivity contribution in [1.82, 2.24) is 0 Å². The standard InChI is InChI=1S/C13H18Cl2N2O/c14-5-7-17(8-6-15)13-3-1-11(2-4-13)9-12(16)10-18/h1-4,10,12H,5-9,16H2/t12-/m0/s1. The van der Waals surface area contributed by atoms with Crippen LogP contribution in [0.25, 0.3) is 0 Å². The lowest BCUT2D eigenvalue weighted by molar-refractivity contribution is -0.108. The van der Waals surface area contributed by atoms with E-state index in [9.17, 15) is 4.79 Å². The highest BCUT2D eigenvalue weighted by atomic mass is 35.5. The van der Waals surface area contributed by atoms with Gasteiger partial charge in [0.1, 0.15) is 6.29 Å². The number of carbonyl (C=O) groups excluding carboxylic acids is 1. The van der Waals surface area contributed by atoms with Gasteiger partial charge >= 0.3 is 0 Å². The fourth-order valence-corrected chi connectivity index (χ4v) is 2.15. The molecule has 0 saturated heterocycles. The predicted octanol–water partition coefficient (Wildman–Crippen LogP) is 2.04. The predicted molar refractivity (Wildman–Crippen MR) is 77.8 cm³/mol. The molecule has 100 valence electrons. The van der Waals surface area contributed by atoms with Gasteiger partial charge in [-0.25, -0.2) is 0 Å². The molecule has 18 heavy (non-hydrogen) atoms. The highest BCUT2D eigenvalue weighted by Gasteiger charge is 2.06. The molecule has 0 aromatic heterocycles. The summed E-state index contributed by atoms with van der Waals surface area (Å²) in [5.41, 5.74) is 7.72. The topological polar surface area (TPSA) is 46.3 Å². The normalized spacial score (nSPS) is 12.2. The number of hydrogen-bond acceptors (Lipinski definition) is 3. The number of hydrogen-bond donors (Lipinski definition) is 1. The van der Waals surface area contributed by atoms with E-state index < -0.39 is 6.04 Å². The van der Waals surface area contributed by atoms with Gasteiger partial charge in [0.25, 0.3) is 0 Å². The maximum atomic E-state index is 10.5. The summed E-state index contributed by atoms with van der Waals surface area (Å²) >= 11 is 11.5. The summed E-state index contributed by atoms with van der Waals surface area (Å²) < 4.78 is 0. The van der Waals surface area contributed by atoms with Gasteiger partial charge in [-0.05, 0) is 24.1 Å². The van der Waals surface area contributed by atoms with Crippen LogP contribution in [0.4, 0.5) is 5.69 Å². The minimum Gasteiger partial charge on any atom is -0.369 e. The number of nitrogens with zero attached hydrogens (tertiary/aromatic N) is 1. The summed E-state index contributed by atoms with van der Waals surface area (Å²) in [6.07, 6.45) is 1.33. The third kappa shape index (κ3) is 4.84. The second kappa shape index (κ2) is 8.35. The van der Waals surface area contributed by atoms with E-state index in [1.165, 1.54) is 0 Å². The van der Waals surface area contributed by atoms with Crippen molar-refractivity contribution in [1.29, 1.82) is 0 Å². The van der Waals surface area contributed by atoms with Crippen LogP contribution in [0.5, 0.6) is 0 Å². The van der Waals surface area contributed by atoms with E-state index in [0.717, 1.165) is 30.6 Å². The van der Waals surface area contributed by atoms with Gasteiger partial charge in [0.05, 0.1) is 6.04 Å². The molecular formula is C13H18Cl2N2O. The maximum Gasteiger partial charge on any atom is 0.137 e. The van der Waals surface area contributed by atoms with Gasteiger partial charge in [0.2, 0.25) is 0 Å². The Kier molecular flexibility index (Phi) is 7.09. The molecule has 0 unspecified atom stereocenters. The van der Waals surface area contributed by atoms with Crippen LogP contribution in [0, 0.1) is 0 Å². The Hall–Kier alpha value is -0.770. The van der Waals surface area contributed by atoms with Crippen LogP contribution in [-0.2, 0) is 11.2 Å². The number of alkyl halides is 2. The molecule has 0 aliphatic rings. The first kappa shape index (κ1) is 15.3. The zero-order valence-electron chi connectivity index (χ0n) is 10.2. The maximum absolute atomic E-state index is 10.5. The van der Waals surface area contributed by atoms with E-state index in [1.54, 1.807) is 0 Å². The Bertz CT molecular complexity index is 351. The first-order valence-corrected chi connectivity index (χ1v) is 6.95. The van der Waals surface area contributed by atoms with Crippen LogP contribution in [0.3, 0.4) is 0 Å². The number of anilines is 1. The molecule has 0 radical (unpaired) electrons. The van der Waals surface area contributed by atoms with Crippen LogP contribution < -0.4 is 10.6 Å². The van der Waals surface area contributed by atoms with Crippen molar-refractivity contribution < 1.29 is 4.79 Å². The van der Waals surface area contributed by atoms with Crippen molar-refractivity contribution in [2.75, 3.05) is 29.7 Å². The summed E-state index contributed by atoms with van der Waals surface area (Å²) in [6, 6.07) is 7.54. The fourth-order valence-electron chi connectivity index (χ4n) is 1.74. The van der Waals surface area contributed by atoms with Gasteiger partial charge in [0, 0.05) is 30.5 Å². The molecule has 2 N–H and O–H groups in total. The zero-order chi connectivity index (χ0) is 13.4. The molecular weight excluding hydrogens is 271 g/mol. The van der Waals surface area contributed by atoms with E-state index in [4.69, 9.17) is 28.9 Å². The van der Waals surface area contributed by atoms with E-state index in [2.05, 4.69) is 4.90 Å². The van der Waals surface area contributed by atoms with Gasteiger partial charge in [0.15, 0.2) is 0 Å². The minimum absolute atomic E-state index is 0.433.